The van der Waals surface area contributed by atoms with Crippen molar-refractivity contribution in [2.45, 2.75) is 33.7 Å². The third-order valence-electron chi connectivity index (χ3n) is 4.59. The Balaban J connectivity index is 2.15. The zero-order valence-electron chi connectivity index (χ0n) is 11.7. The maximum atomic E-state index is 12.3. The minimum atomic E-state index is -0.0592. The molecule has 1 aromatic heterocycles. The molecule has 1 aliphatic rings. The first kappa shape index (κ1) is 12.9. The molecule has 0 spiro atoms. The number of hydrogen-bond donors (Lipinski definition) is 2. The van der Waals surface area contributed by atoms with Crippen LogP contribution in [0, 0.1) is 10.8 Å². The largest absolute Gasteiger partial charge is 0.372 e. The van der Waals surface area contributed by atoms with Crippen LogP contribution in [0.25, 0.3) is 0 Å². The van der Waals surface area contributed by atoms with E-state index >= 15 is 0 Å². The minimum absolute atomic E-state index is 0.0592. The molecule has 2 N–H and O–H groups in total. The average molecular weight is 247 g/mol. The lowest BCUT2D eigenvalue weighted by Gasteiger charge is -2.09. The summed E-state index contributed by atoms with van der Waals surface area (Å²) in [5, 5.41) is 6.05. The highest BCUT2D eigenvalue weighted by atomic mass is 16.1. The highest BCUT2D eigenvalue weighted by Crippen LogP contribution is 2.62. The lowest BCUT2D eigenvalue weighted by molar-refractivity contribution is 0.0944. The van der Waals surface area contributed by atoms with Gasteiger partial charge in [0.25, 0.3) is 5.91 Å². The number of nitrogens with zero attached hydrogens (tertiary/aromatic N) is 1. The number of pyridine rings is 1. The number of hydrogen-bond acceptors (Lipinski definition) is 3. The van der Waals surface area contributed by atoms with E-state index in [1.807, 2.05) is 0 Å². The van der Waals surface area contributed by atoms with Crippen LogP contribution in [-0.4, -0.2) is 24.0 Å². The quantitative estimate of drug-likeness (QED) is 0.861. The molecule has 2 rings (SSSR count). The van der Waals surface area contributed by atoms with Gasteiger partial charge >= 0.3 is 0 Å². The fourth-order valence-corrected chi connectivity index (χ4v) is 2.55. The highest BCUT2D eigenvalue weighted by Gasteiger charge is 2.65. The summed E-state index contributed by atoms with van der Waals surface area (Å²) < 4.78 is 0. The summed E-state index contributed by atoms with van der Waals surface area (Å²) in [6.07, 6.45) is 1.67. The number of nitrogens with one attached hydrogen (secondary N) is 2. The second-order valence-corrected chi connectivity index (χ2v) is 6.00. The van der Waals surface area contributed by atoms with Gasteiger partial charge in [0.2, 0.25) is 0 Å². The summed E-state index contributed by atoms with van der Waals surface area (Å²) in [5.41, 5.74) is 0.883. The molecule has 0 radical (unpaired) electrons. The average Bonchev–Trinajstić information content (AvgIpc) is 2.71. The van der Waals surface area contributed by atoms with Crippen LogP contribution in [-0.2, 0) is 0 Å². The Bertz CT molecular complexity index is 466. The van der Waals surface area contributed by atoms with Gasteiger partial charge in [-0.3, -0.25) is 4.79 Å². The van der Waals surface area contributed by atoms with E-state index in [9.17, 15) is 4.79 Å². The van der Waals surface area contributed by atoms with Gasteiger partial charge in [-0.15, -0.1) is 0 Å². The molecule has 1 aliphatic carbocycles. The molecule has 18 heavy (non-hydrogen) atoms. The second-order valence-electron chi connectivity index (χ2n) is 6.00. The van der Waals surface area contributed by atoms with Crippen molar-refractivity contribution >= 4 is 11.7 Å². The van der Waals surface area contributed by atoms with Crippen LogP contribution >= 0.6 is 0 Å². The Kier molecular flexibility index (Phi) is 2.84. The molecule has 98 valence electrons. The maximum absolute atomic E-state index is 12.3. The number of rotatable bonds is 3. The van der Waals surface area contributed by atoms with Crippen LogP contribution in [0.4, 0.5) is 5.82 Å². The Labute approximate surface area is 108 Å². The molecule has 1 heterocycles. The van der Waals surface area contributed by atoms with E-state index in [-0.39, 0.29) is 22.8 Å². The predicted molar refractivity (Wildman–Crippen MR) is 72.6 cm³/mol. The zero-order chi connectivity index (χ0) is 13.6. The topological polar surface area (TPSA) is 54.0 Å². The van der Waals surface area contributed by atoms with Crippen molar-refractivity contribution in [3.8, 4) is 0 Å². The first-order chi connectivity index (χ1) is 8.32. The SMILES string of the molecule is CNc1ncccc1C(=O)NC1C(C)(C)C1(C)C. The van der Waals surface area contributed by atoms with E-state index in [0.29, 0.717) is 11.4 Å². The van der Waals surface area contributed by atoms with Gasteiger partial charge in [0.15, 0.2) is 0 Å². The van der Waals surface area contributed by atoms with E-state index in [4.69, 9.17) is 0 Å². The van der Waals surface area contributed by atoms with Gasteiger partial charge in [-0.25, -0.2) is 4.98 Å². The van der Waals surface area contributed by atoms with Gasteiger partial charge in [-0.05, 0) is 23.0 Å². The summed E-state index contributed by atoms with van der Waals surface area (Å²) in [4.78, 5) is 16.4. The molecule has 1 amide bonds. The number of carbonyl (C=O) groups is 1. The van der Waals surface area contributed by atoms with Crippen LogP contribution in [0.2, 0.25) is 0 Å². The van der Waals surface area contributed by atoms with Crippen molar-refractivity contribution in [3.63, 3.8) is 0 Å². The zero-order valence-corrected chi connectivity index (χ0v) is 11.7. The van der Waals surface area contributed by atoms with Crippen molar-refractivity contribution in [2.75, 3.05) is 12.4 Å². The summed E-state index contributed by atoms with van der Waals surface area (Å²) in [6, 6.07) is 3.78. The second kappa shape index (κ2) is 3.97. The third-order valence-corrected chi connectivity index (χ3v) is 4.59. The highest BCUT2D eigenvalue weighted by molar-refractivity contribution is 5.99. The fraction of sp³-hybridized carbons (Fsp3) is 0.571. The van der Waals surface area contributed by atoms with Crippen LogP contribution in [0.5, 0.6) is 0 Å². The summed E-state index contributed by atoms with van der Waals surface area (Å²) in [7, 11) is 1.77. The summed E-state index contributed by atoms with van der Waals surface area (Å²) in [6.45, 7) is 8.72. The smallest absolute Gasteiger partial charge is 0.255 e. The molecule has 0 unspecified atom stereocenters. The Morgan fingerprint density at radius 3 is 2.39 bits per heavy atom. The van der Waals surface area contributed by atoms with E-state index < -0.39 is 0 Å². The van der Waals surface area contributed by atoms with Crippen molar-refractivity contribution in [3.05, 3.63) is 23.9 Å². The van der Waals surface area contributed by atoms with Crippen LogP contribution in [0.1, 0.15) is 38.1 Å². The monoisotopic (exact) mass is 247 g/mol. The predicted octanol–water partition coefficient (Wildman–Crippen LogP) is 2.29. The van der Waals surface area contributed by atoms with E-state index in [1.165, 1.54) is 0 Å². The van der Waals surface area contributed by atoms with Gasteiger partial charge in [-0.2, -0.15) is 0 Å². The van der Waals surface area contributed by atoms with Gasteiger partial charge in [0.1, 0.15) is 5.82 Å². The number of amides is 1. The molecule has 1 fully saturated rings. The molecule has 0 bridgehead atoms. The van der Waals surface area contributed by atoms with E-state index in [1.54, 1.807) is 25.4 Å². The summed E-state index contributed by atoms with van der Waals surface area (Å²) in [5.74, 6) is 0.558. The molecule has 0 atom stereocenters. The number of aromatic nitrogens is 1. The first-order valence-corrected chi connectivity index (χ1v) is 6.26. The Morgan fingerprint density at radius 2 is 1.89 bits per heavy atom. The molecule has 0 saturated heterocycles. The molecule has 4 nitrogen and oxygen atoms in total. The molecule has 1 aromatic rings. The number of anilines is 1. The van der Waals surface area contributed by atoms with Crippen LogP contribution in [0.15, 0.2) is 18.3 Å². The Morgan fingerprint density at radius 1 is 1.28 bits per heavy atom. The molecule has 0 aliphatic heterocycles. The van der Waals surface area contributed by atoms with Gasteiger partial charge in [-0.1, -0.05) is 27.7 Å². The van der Waals surface area contributed by atoms with Crippen molar-refractivity contribution < 1.29 is 4.79 Å². The fourth-order valence-electron chi connectivity index (χ4n) is 2.55. The third kappa shape index (κ3) is 1.76. The van der Waals surface area contributed by atoms with Crippen molar-refractivity contribution in [1.29, 1.82) is 0 Å². The molecular weight excluding hydrogens is 226 g/mol. The van der Waals surface area contributed by atoms with Gasteiger partial charge in [0, 0.05) is 19.3 Å². The lowest BCUT2D eigenvalue weighted by atomic mass is 10.0. The standard InChI is InChI=1S/C14H21N3O/c1-13(2)12(14(13,3)4)17-11(18)9-7-6-8-16-10(9)15-5/h6-8,12H,1-5H3,(H,15,16)(H,17,18). The molecular formula is C14H21N3O. The van der Waals surface area contributed by atoms with Gasteiger partial charge < -0.3 is 10.6 Å². The first-order valence-electron chi connectivity index (χ1n) is 6.26. The van der Waals surface area contributed by atoms with Crippen LogP contribution in [0.3, 0.4) is 0 Å². The van der Waals surface area contributed by atoms with Gasteiger partial charge in [0.05, 0.1) is 5.56 Å². The maximum Gasteiger partial charge on any atom is 0.255 e. The molecule has 0 aromatic carbocycles. The summed E-state index contributed by atoms with van der Waals surface area (Å²) >= 11 is 0. The van der Waals surface area contributed by atoms with E-state index in [2.05, 4.69) is 43.3 Å². The molecule has 4 heteroatoms. The lowest BCUT2D eigenvalue weighted by Crippen LogP contribution is -2.30. The minimum Gasteiger partial charge on any atom is -0.372 e. The molecule has 1 saturated carbocycles. The van der Waals surface area contributed by atoms with E-state index in [0.717, 1.165) is 0 Å². The van der Waals surface area contributed by atoms with Crippen molar-refractivity contribution in [1.82, 2.24) is 10.3 Å². The Hall–Kier alpha value is -1.58. The van der Waals surface area contributed by atoms with Crippen molar-refractivity contribution in [2.24, 2.45) is 10.8 Å². The van der Waals surface area contributed by atoms with Crippen LogP contribution < -0.4 is 10.6 Å². The number of carbonyl (C=O) groups excluding carboxylic acids is 1. The normalized spacial score (nSPS) is 20.3.